The van der Waals surface area contributed by atoms with E-state index >= 15 is 0 Å². The topological polar surface area (TPSA) is 56.7 Å². The summed E-state index contributed by atoms with van der Waals surface area (Å²) in [7, 11) is 2.07. The molecule has 0 aliphatic carbocycles. The first-order chi connectivity index (χ1) is 14.4. The Morgan fingerprint density at radius 3 is 2.19 bits per heavy atom. The number of hydrogen-bond donors (Lipinski definition) is 1. The Morgan fingerprint density at radius 2 is 1.68 bits per heavy atom. The van der Waals surface area contributed by atoms with Gasteiger partial charge in [-0.1, -0.05) is 58.9 Å². The van der Waals surface area contributed by atoms with Gasteiger partial charge in [0.25, 0.3) is 0 Å². The summed E-state index contributed by atoms with van der Waals surface area (Å²) in [5, 5.41) is 12.3. The summed E-state index contributed by atoms with van der Waals surface area (Å²) in [4.78, 5) is 21.2. The Bertz CT molecular complexity index is 976. The third-order valence-electron chi connectivity index (χ3n) is 7.08. The number of aliphatic hydroxyl groups is 1. The molecule has 1 unspecified atom stereocenters. The van der Waals surface area contributed by atoms with Crippen molar-refractivity contribution >= 4 is 11.6 Å². The molecule has 0 saturated carbocycles. The standard InChI is InChI=1S/C26H35N3O2/c1-18(2)19-7-9-20(10-8-19)26(31,25(5)16-28(6)17-25)21-11-22(14-27-13-21)29-15-24(3,4)12-23(29)30/h7-11,13-14,18,31H,12,15-17H2,1-6H3. The summed E-state index contributed by atoms with van der Waals surface area (Å²) >= 11 is 0. The molecule has 1 amide bonds. The first kappa shape index (κ1) is 22.0. The fourth-order valence-corrected chi connectivity index (χ4v) is 5.43. The molecule has 166 valence electrons. The Kier molecular flexibility index (Phi) is 5.26. The first-order valence-corrected chi connectivity index (χ1v) is 11.2. The molecule has 5 heteroatoms. The molecule has 0 bridgehead atoms. The van der Waals surface area contributed by atoms with E-state index in [1.54, 1.807) is 12.4 Å². The van der Waals surface area contributed by atoms with Gasteiger partial charge < -0.3 is 14.9 Å². The molecule has 3 heterocycles. The minimum atomic E-state index is -1.20. The number of nitrogens with zero attached hydrogens (tertiary/aromatic N) is 3. The van der Waals surface area contributed by atoms with Crippen LogP contribution in [0.5, 0.6) is 0 Å². The van der Waals surface area contributed by atoms with Crippen LogP contribution in [0.4, 0.5) is 5.69 Å². The van der Waals surface area contributed by atoms with Crippen molar-refractivity contribution in [3.05, 3.63) is 59.4 Å². The summed E-state index contributed by atoms with van der Waals surface area (Å²) < 4.78 is 0. The van der Waals surface area contributed by atoms with Crippen LogP contribution in [0.15, 0.2) is 42.7 Å². The van der Waals surface area contributed by atoms with Gasteiger partial charge in [-0.05, 0) is 35.6 Å². The molecule has 0 spiro atoms. The summed E-state index contributed by atoms with van der Waals surface area (Å²) in [5.41, 5.74) is 2.03. The van der Waals surface area contributed by atoms with Crippen LogP contribution in [-0.4, -0.2) is 47.6 Å². The number of amides is 1. The minimum Gasteiger partial charge on any atom is -0.380 e. The van der Waals surface area contributed by atoms with Gasteiger partial charge in [-0.3, -0.25) is 9.78 Å². The highest BCUT2D eigenvalue weighted by Gasteiger charge is 2.55. The van der Waals surface area contributed by atoms with Gasteiger partial charge in [0.15, 0.2) is 0 Å². The maximum Gasteiger partial charge on any atom is 0.227 e. The van der Waals surface area contributed by atoms with Gasteiger partial charge in [-0.2, -0.15) is 0 Å². The predicted molar refractivity (Wildman–Crippen MR) is 124 cm³/mol. The average molecular weight is 422 g/mol. The molecule has 1 aromatic carbocycles. The fourth-order valence-electron chi connectivity index (χ4n) is 5.43. The van der Waals surface area contributed by atoms with E-state index in [2.05, 4.69) is 75.8 Å². The van der Waals surface area contributed by atoms with E-state index in [4.69, 9.17) is 0 Å². The van der Waals surface area contributed by atoms with Crippen LogP contribution in [0.2, 0.25) is 0 Å². The quantitative estimate of drug-likeness (QED) is 0.788. The smallest absolute Gasteiger partial charge is 0.227 e. The van der Waals surface area contributed by atoms with Gasteiger partial charge in [0.05, 0.1) is 11.9 Å². The molecule has 2 aliphatic rings. The summed E-state index contributed by atoms with van der Waals surface area (Å²) in [6, 6.07) is 10.3. The van der Waals surface area contributed by atoms with Crippen molar-refractivity contribution in [2.75, 3.05) is 31.6 Å². The van der Waals surface area contributed by atoms with Crippen LogP contribution in [0.25, 0.3) is 0 Å². The molecule has 2 saturated heterocycles. The fraction of sp³-hybridized carbons (Fsp3) is 0.538. The third kappa shape index (κ3) is 3.68. The Morgan fingerprint density at radius 1 is 1.03 bits per heavy atom. The number of hydrogen-bond acceptors (Lipinski definition) is 4. The van der Waals surface area contributed by atoms with Gasteiger partial charge in [-0.15, -0.1) is 0 Å². The van der Waals surface area contributed by atoms with Crippen LogP contribution in [0.1, 0.15) is 63.6 Å². The summed E-state index contributed by atoms with van der Waals surface area (Å²) in [6.07, 6.45) is 4.02. The second-order valence-electron chi connectivity index (χ2n) is 11.0. The molecule has 1 atom stereocenters. The number of likely N-dealkylation sites (tertiary alicyclic amines) is 1. The number of pyridine rings is 1. The van der Waals surface area contributed by atoms with Crippen LogP contribution in [-0.2, 0) is 10.4 Å². The molecule has 2 aliphatic heterocycles. The first-order valence-electron chi connectivity index (χ1n) is 11.2. The van der Waals surface area contributed by atoms with Crippen molar-refractivity contribution in [1.29, 1.82) is 0 Å². The number of carbonyl (C=O) groups is 1. The van der Waals surface area contributed by atoms with Crippen molar-refractivity contribution in [2.45, 2.75) is 52.6 Å². The molecular weight excluding hydrogens is 386 g/mol. The number of anilines is 1. The molecule has 1 N–H and O–H groups in total. The number of aromatic nitrogens is 1. The minimum absolute atomic E-state index is 0.0568. The molecule has 31 heavy (non-hydrogen) atoms. The summed E-state index contributed by atoms with van der Waals surface area (Å²) in [6.45, 7) is 12.9. The van der Waals surface area contributed by atoms with Crippen molar-refractivity contribution in [3.8, 4) is 0 Å². The van der Waals surface area contributed by atoms with E-state index < -0.39 is 5.60 Å². The van der Waals surface area contributed by atoms with E-state index in [1.165, 1.54) is 5.56 Å². The van der Waals surface area contributed by atoms with Gasteiger partial charge in [0, 0.05) is 43.2 Å². The van der Waals surface area contributed by atoms with Crippen molar-refractivity contribution in [2.24, 2.45) is 10.8 Å². The lowest BCUT2D eigenvalue weighted by Gasteiger charge is -2.56. The van der Waals surface area contributed by atoms with E-state index in [0.717, 1.165) is 29.9 Å². The van der Waals surface area contributed by atoms with Gasteiger partial charge in [0.2, 0.25) is 5.91 Å². The number of rotatable bonds is 5. The molecule has 0 radical (unpaired) electrons. The zero-order chi connectivity index (χ0) is 22.6. The second kappa shape index (κ2) is 7.42. The number of carbonyl (C=O) groups excluding carboxylic acids is 1. The molecule has 5 nitrogen and oxygen atoms in total. The van der Waals surface area contributed by atoms with E-state index in [0.29, 0.717) is 18.9 Å². The average Bonchev–Trinajstić information content (AvgIpc) is 2.98. The predicted octanol–water partition coefficient (Wildman–Crippen LogP) is 4.16. The lowest BCUT2D eigenvalue weighted by Crippen LogP contribution is -2.63. The normalized spacial score (nSPS) is 22.5. The Balaban J connectivity index is 1.79. The highest BCUT2D eigenvalue weighted by atomic mass is 16.3. The van der Waals surface area contributed by atoms with Crippen molar-refractivity contribution < 1.29 is 9.90 Å². The van der Waals surface area contributed by atoms with Crippen LogP contribution in [0, 0.1) is 10.8 Å². The Hall–Kier alpha value is -2.24. The van der Waals surface area contributed by atoms with Crippen LogP contribution < -0.4 is 4.90 Å². The van der Waals surface area contributed by atoms with Gasteiger partial charge in [-0.25, -0.2) is 0 Å². The molecule has 4 rings (SSSR count). The highest BCUT2D eigenvalue weighted by molar-refractivity contribution is 5.96. The molecule has 1 aromatic heterocycles. The molecular formula is C26H35N3O2. The largest absolute Gasteiger partial charge is 0.380 e. The van der Waals surface area contributed by atoms with Gasteiger partial charge in [0.1, 0.15) is 5.60 Å². The number of benzene rings is 1. The lowest BCUT2D eigenvalue weighted by molar-refractivity contribution is -0.127. The third-order valence-corrected chi connectivity index (χ3v) is 7.08. The lowest BCUT2D eigenvalue weighted by atomic mass is 9.62. The maximum atomic E-state index is 12.7. The van der Waals surface area contributed by atoms with Crippen molar-refractivity contribution in [1.82, 2.24) is 9.88 Å². The highest BCUT2D eigenvalue weighted by Crippen LogP contribution is 2.50. The zero-order valence-electron chi connectivity index (χ0n) is 19.6. The molecule has 2 aromatic rings. The molecule has 2 fully saturated rings. The van der Waals surface area contributed by atoms with Gasteiger partial charge >= 0.3 is 0 Å². The maximum absolute atomic E-state index is 12.7. The Labute approximate surface area is 186 Å². The van der Waals surface area contributed by atoms with E-state index in [9.17, 15) is 9.90 Å². The van der Waals surface area contributed by atoms with Crippen LogP contribution in [0.3, 0.4) is 0 Å². The van der Waals surface area contributed by atoms with E-state index in [1.807, 2.05) is 11.0 Å². The second-order valence-corrected chi connectivity index (χ2v) is 11.0. The van der Waals surface area contributed by atoms with Crippen molar-refractivity contribution in [3.63, 3.8) is 0 Å². The zero-order valence-corrected chi connectivity index (χ0v) is 19.6. The van der Waals surface area contributed by atoms with Crippen LogP contribution >= 0.6 is 0 Å². The monoisotopic (exact) mass is 421 g/mol. The summed E-state index contributed by atoms with van der Waals surface area (Å²) in [5.74, 6) is 0.547. The SMILES string of the molecule is CC(C)c1ccc(C(O)(c2cncc(N3CC(C)(C)CC3=O)c2)C2(C)CN(C)C2)cc1. The van der Waals surface area contributed by atoms with E-state index in [-0.39, 0.29) is 16.7 Å².